The van der Waals surface area contributed by atoms with Crippen LogP contribution in [0.15, 0.2) is 53.4 Å². The van der Waals surface area contributed by atoms with Gasteiger partial charge in [0, 0.05) is 22.0 Å². The number of aliphatic hydroxyl groups is 3. The molecule has 3 fully saturated rings. The second kappa shape index (κ2) is 14.1. The van der Waals surface area contributed by atoms with E-state index in [-0.39, 0.29) is 42.7 Å². The fourth-order valence-electron chi connectivity index (χ4n) is 5.18. The summed E-state index contributed by atoms with van der Waals surface area (Å²) < 4.78 is 36.5. The summed E-state index contributed by atoms with van der Waals surface area (Å²) in [5.74, 6) is -0.726. The number of phenolic OH excluding ortho intramolecular Hbond substituents is 1. The number of carbonyl (C=O) groups is 1. The highest BCUT2D eigenvalue weighted by molar-refractivity contribution is 6.35. The Labute approximate surface area is 267 Å². The molecular formula is C30H33Cl2FN2O10. The SMILES string of the molecule is CC(=Cc1ccc(O[C@@H]2OC(=C(C)NOCc3ccc(Cl)cc3Cl)C[C@@H]2F)c(O)c1)C(=O)N[C@@H]1[C@H](O)[C@@H](O)[C@H]2OCO[C@H]2[C@@H]1O. The van der Waals surface area contributed by atoms with Gasteiger partial charge in [-0.15, -0.1) is 0 Å². The minimum Gasteiger partial charge on any atom is -0.504 e. The summed E-state index contributed by atoms with van der Waals surface area (Å²) in [5, 5.41) is 45.3. The van der Waals surface area contributed by atoms with Crippen molar-refractivity contribution in [2.24, 2.45) is 0 Å². The Morgan fingerprint density at radius 3 is 2.51 bits per heavy atom. The molecule has 1 aliphatic carbocycles. The fraction of sp³-hybridized carbons (Fsp3) is 0.433. The highest BCUT2D eigenvalue weighted by atomic mass is 35.5. The summed E-state index contributed by atoms with van der Waals surface area (Å²) in [7, 11) is 0. The Hall–Kier alpha value is -3.14. The summed E-state index contributed by atoms with van der Waals surface area (Å²) in [6.07, 6.45) is -7.50. The number of hydrogen-bond acceptors (Lipinski definition) is 11. The van der Waals surface area contributed by atoms with E-state index in [9.17, 15) is 29.6 Å². The number of ether oxygens (including phenoxy) is 4. The molecule has 0 unspecified atom stereocenters. The Balaban J connectivity index is 1.16. The third kappa shape index (κ3) is 7.47. The number of carbonyl (C=O) groups excluding carboxylic acids is 1. The molecule has 1 amide bonds. The molecule has 2 aliphatic heterocycles. The molecule has 2 heterocycles. The van der Waals surface area contributed by atoms with Gasteiger partial charge in [-0.2, -0.15) is 0 Å². The first-order valence-electron chi connectivity index (χ1n) is 14.0. The van der Waals surface area contributed by atoms with Crippen LogP contribution in [-0.4, -0.2) is 82.1 Å². The Kier molecular flexibility index (Phi) is 10.4. The van der Waals surface area contributed by atoms with Crippen LogP contribution in [0.25, 0.3) is 6.08 Å². The number of amides is 1. The van der Waals surface area contributed by atoms with E-state index in [1.807, 2.05) is 0 Å². The minimum atomic E-state index is -1.53. The van der Waals surface area contributed by atoms with Crippen LogP contribution in [0.2, 0.25) is 10.0 Å². The molecule has 2 saturated heterocycles. The van der Waals surface area contributed by atoms with E-state index in [1.165, 1.54) is 31.2 Å². The number of alkyl halides is 1. The predicted molar refractivity (Wildman–Crippen MR) is 158 cm³/mol. The monoisotopic (exact) mass is 670 g/mol. The number of fused-ring (bicyclic) bond motifs is 1. The van der Waals surface area contributed by atoms with E-state index in [0.29, 0.717) is 26.9 Å². The van der Waals surface area contributed by atoms with Crippen molar-refractivity contribution >= 4 is 35.2 Å². The smallest absolute Gasteiger partial charge is 0.272 e. The van der Waals surface area contributed by atoms with Crippen molar-refractivity contribution in [3.8, 4) is 11.5 Å². The maximum absolute atomic E-state index is 14.8. The first kappa shape index (κ1) is 33.2. The molecule has 15 heteroatoms. The van der Waals surface area contributed by atoms with Crippen molar-refractivity contribution in [3.05, 3.63) is 74.6 Å². The van der Waals surface area contributed by atoms with Gasteiger partial charge in [0.15, 0.2) is 17.7 Å². The standard InChI is InChI=1S/C30H33Cl2FN2O10/c1-13(29(40)34-23-24(37)26(39)28-27(25(23)38)41-12-42-28)7-15-3-6-21(20(36)8-15)44-30-19(33)10-22(45-30)14(2)35-43-11-16-4-5-17(31)9-18(16)32/h3-9,19,23-28,30,35-39H,10-12H2,1-2H3,(H,34,40)/t19-,23+,24-,25+,26+,27-,28+,30+/m0/s1. The highest BCUT2D eigenvalue weighted by Crippen LogP contribution is 2.35. The van der Waals surface area contributed by atoms with Crippen molar-refractivity contribution in [3.63, 3.8) is 0 Å². The van der Waals surface area contributed by atoms with Crippen LogP contribution in [0.3, 0.4) is 0 Å². The van der Waals surface area contributed by atoms with Gasteiger partial charge in [-0.1, -0.05) is 35.3 Å². The van der Waals surface area contributed by atoms with E-state index in [2.05, 4.69) is 10.8 Å². The summed E-state index contributed by atoms with van der Waals surface area (Å²) in [6.45, 7) is 3.11. The molecule has 8 atom stereocenters. The lowest BCUT2D eigenvalue weighted by Gasteiger charge is -2.41. The number of phenols is 1. The number of aromatic hydroxyl groups is 1. The van der Waals surface area contributed by atoms with Crippen LogP contribution in [0.4, 0.5) is 4.39 Å². The van der Waals surface area contributed by atoms with Gasteiger partial charge in [0.25, 0.3) is 6.29 Å². The molecule has 0 bridgehead atoms. The second-order valence-corrected chi connectivity index (χ2v) is 11.7. The third-order valence-corrected chi connectivity index (χ3v) is 8.28. The van der Waals surface area contributed by atoms with E-state index in [0.717, 1.165) is 0 Å². The molecule has 2 aromatic carbocycles. The van der Waals surface area contributed by atoms with Crippen molar-refractivity contribution in [1.82, 2.24) is 10.8 Å². The second-order valence-electron chi connectivity index (χ2n) is 10.9. The van der Waals surface area contributed by atoms with E-state index < -0.39 is 54.9 Å². The van der Waals surface area contributed by atoms with Crippen LogP contribution >= 0.6 is 23.2 Å². The van der Waals surface area contributed by atoms with Crippen molar-refractivity contribution in [2.75, 3.05) is 6.79 Å². The summed E-state index contributed by atoms with van der Waals surface area (Å²) >= 11 is 12.0. The number of hydroxylamine groups is 1. The van der Waals surface area contributed by atoms with Gasteiger partial charge in [-0.25, -0.2) is 4.39 Å². The lowest BCUT2D eigenvalue weighted by Crippen LogP contribution is -2.67. The Morgan fingerprint density at radius 1 is 1.07 bits per heavy atom. The molecule has 3 aliphatic rings. The first-order chi connectivity index (χ1) is 21.4. The number of aliphatic hydroxyl groups excluding tert-OH is 3. The van der Waals surface area contributed by atoms with Crippen LogP contribution in [0.1, 0.15) is 31.4 Å². The largest absolute Gasteiger partial charge is 0.504 e. The third-order valence-electron chi connectivity index (χ3n) is 7.69. The van der Waals surface area contributed by atoms with Crippen molar-refractivity contribution in [1.29, 1.82) is 0 Å². The molecule has 12 nitrogen and oxygen atoms in total. The lowest BCUT2D eigenvalue weighted by molar-refractivity contribution is -0.155. The molecule has 0 radical (unpaired) electrons. The average Bonchev–Trinajstić information content (AvgIpc) is 3.64. The maximum Gasteiger partial charge on any atom is 0.272 e. The molecule has 0 aromatic heterocycles. The highest BCUT2D eigenvalue weighted by Gasteiger charge is 2.53. The van der Waals surface area contributed by atoms with Gasteiger partial charge in [0.05, 0.1) is 11.7 Å². The van der Waals surface area contributed by atoms with Gasteiger partial charge >= 0.3 is 0 Å². The van der Waals surface area contributed by atoms with E-state index in [4.69, 9.17) is 47.0 Å². The fourth-order valence-corrected chi connectivity index (χ4v) is 5.64. The zero-order valence-corrected chi connectivity index (χ0v) is 25.7. The van der Waals surface area contributed by atoms with E-state index in [1.54, 1.807) is 25.1 Å². The number of benzene rings is 2. The molecular weight excluding hydrogens is 638 g/mol. The normalized spacial score (nSPS) is 30.8. The molecule has 244 valence electrons. The number of allylic oxidation sites excluding steroid dienone is 2. The quantitative estimate of drug-likeness (QED) is 0.171. The van der Waals surface area contributed by atoms with Crippen molar-refractivity contribution < 1.29 is 53.4 Å². The summed E-state index contributed by atoms with van der Waals surface area (Å²) in [4.78, 5) is 18.3. The molecule has 2 aromatic rings. The lowest BCUT2D eigenvalue weighted by atomic mass is 9.83. The zero-order chi connectivity index (χ0) is 32.4. The summed E-state index contributed by atoms with van der Waals surface area (Å²) in [6, 6.07) is 8.04. The van der Waals surface area contributed by atoms with Gasteiger partial charge in [-0.3, -0.25) is 15.1 Å². The number of hydrogen-bond donors (Lipinski definition) is 6. The molecule has 5 rings (SSSR count). The number of rotatable bonds is 9. The Morgan fingerprint density at radius 2 is 1.80 bits per heavy atom. The van der Waals surface area contributed by atoms with Gasteiger partial charge in [0.2, 0.25) is 5.91 Å². The minimum absolute atomic E-state index is 0.0434. The van der Waals surface area contributed by atoms with Crippen LogP contribution < -0.4 is 15.5 Å². The van der Waals surface area contributed by atoms with Crippen LogP contribution in [0, 0.1) is 0 Å². The van der Waals surface area contributed by atoms with Gasteiger partial charge in [-0.05, 0) is 55.3 Å². The molecule has 1 saturated carbocycles. The molecule has 0 spiro atoms. The van der Waals surface area contributed by atoms with Crippen LogP contribution in [0.5, 0.6) is 11.5 Å². The zero-order valence-electron chi connectivity index (χ0n) is 24.2. The van der Waals surface area contributed by atoms with Crippen LogP contribution in [-0.2, 0) is 30.4 Å². The molecule has 45 heavy (non-hydrogen) atoms. The maximum atomic E-state index is 14.8. The number of halogens is 3. The Bertz CT molecular complexity index is 1480. The average molecular weight is 672 g/mol. The van der Waals surface area contributed by atoms with Gasteiger partial charge in [0.1, 0.15) is 49.7 Å². The number of nitrogens with one attached hydrogen (secondary N) is 2. The first-order valence-corrected chi connectivity index (χ1v) is 14.8. The molecule has 6 N–H and O–H groups in total. The van der Waals surface area contributed by atoms with Gasteiger partial charge < -0.3 is 44.7 Å². The van der Waals surface area contributed by atoms with E-state index >= 15 is 0 Å². The summed E-state index contributed by atoms with van der Waals surface area (Å²) in [5.41, 5.74) is 4.41. The topological polar surface area (TPSA) is 168 Å². The predicted octanol–water partition coefficient (Wildman–Crippen LogP) is 2.84. The van der Waals surface area contributed by atoms with Crippen molar-refractivity contribution in [2.45, 2.75) is 75.9 Å².